The third kappa shape index (κ3) is 2.81. The summed E-state index contributed by atoms with van der Waals surface area (Å²) in [6.45, 7) is 0. The molecule has 1 aromatic heterocycles. The number of benzene rings is 2. The van der Waals surface area contributed by atoms with Crippen LogP contribution in [-0.4, -0.2) is 12.8 Å². The lowest BCUT2D eigenvalue weighted by molar-refractivity contribution is 0.415. The summed E-state index contributed by atoms with van der Waals surface area (Å²) >= 11 is 1.79. The van der Waals surface area contributed by atoms with Crippen LogP contribution in [0.2, 0.25) is 0 Å². The number of ether oxygens (including phenoxy) is 1. The Kier molecular flexibility index (Phi) is 4.05. The molecule has 24 heavy (non-hydrogen) atoms. The van der Waals surface area contributed by atoms with E-state index in [1.54, 1.807) is 18.4 Å². The van der Waals surface area contributed by atoms with Gasteiger partial charge in [0.25, 0.3) is 0 Å². The Balaban J connectivity index is 1.70. The zero-order valence-corrected chi connectivity index (χ0v) is 14.2. The SMILES string of the molecule is COc1ccc(C2=NN(c3ccccc3)[C@H](c3cccs3)C2)cc1. The molecule has 0 spiro atoms. The predicted molar refractivity (Wildman–Crippen MR) is 100 cm³/mol. The number of hydrogen-bond donors (Lipinski definition) is 0. The molecule has 4 heteroatoms. The number of thiophene rings is 1. The fourth-order valence-corrected chi connectivity index (χ4v) is 3.80. The van der Waals surface area contributed by atoms with Crippen LogP contribution in [-0.2, 0) is 0 Å². The van der Waals surface area contributed by atoms with Gasteiger partial charge < -0.3 is 4.74 Å². The Morgan fingerprint density at radius 3 is 2.46 bits per heavy atom. The fourth-order valence-electron chi connectivity index (χ4n) is 2.99. The van der Waals surface area contributed by atoms with Gasteiger partial charge in [-0.25, -0.2) is 0 Å². The first-order valence-electron chi connectivity index (χ1n) is 7.95. The van der Waals surface area contributed by atoms with Gasteiger partial charge in [-0.05, 0) is 53.4 Å². The van der Waals surface area contributed by atoms with Crippen molar-refractivity contribution in [3.63, 3.8) is 0 Å². The number of nitrogens with zero attached hydrogens (tertiary/aromatic N) is 2. The molecule has 0 N–H and O–H groups in total. The molecule has 4 rings (SSSR count). The molecular weight excluding hydrogens is 316 g/mol. The number of hydrogen-bond acceptors (Lipinski definition) is 4. The maximum Gasteiger partial charge on any atom is 0.118 e. The van der Waals surface area contributed by atoms with E-state index in [1.165, 1.54) is 4.88 Å². The maximum absolute atomic E-state index is 5.25. The molecular formula is C20H18N2OS. The minimum absolute atomic E-state index is 0.254. The average molecular weight is 334 g/mol. The van der Waals surface area contributed by atoms with E-state index in [4.69, 9.17) is 9.84 Å². The smallest absolute Gasteiger partial charge is 0.118 e. The van der Waals surface area contributed by atoms with Crippen LogP contribution in [0.5, 0.6) is 5.75 Å². The molecule has 0 radical (unpaired) electrons. The largest absolute Gasteiger partial charge is 0.497 e. The van der Waals surface area contributed by atoms with Crippen LogP contribution in [0.25, 0.3) is 0 Å². The molecule has 0 fully saturated rings. The van der Waals surface area contributed by atoms with Crippen molar-refractivity contribution in [3.05, 3.63) is 82.6 Å². The summed E-state index contributed by atoms with van der Waals surface area (Å²) in [7, 11) is 1.69. The molecule has 3 nitrogen and oxygen atoms in total. The molecule has 120 valence electrons. The molecule has 2 aromatic carbocycles. The van der Waals surface area contributed by atoms with Gasteiger partial charge in [0.15, 0.2) is 0 Å². The zero-order chi connectivity index (χ0) is 16.4. The second-order valence-electron chi connectivity index (χ2n) is 5.69. The third-order valence-electron chi connectivity index (χ3n) is 4.23. The number of anilines is 1. The van der Waals surface area contributed by atoms with E-state index in [9.17, 15) is 0 Å². The lowest BCUT2D eigenvalue weighted by Crippen LogP contribution is -2.17. The molecule has 2 heterocycles. The number of methoxy groups -OCH3 is 1. The van der Waals surface area contributed by atoms with Gasteiger partial charge in [-0.3, -0.25) is 5.01 Å². The quantitative estimate of drug-likeness (QED) is 0.662. The van der Waals surface area contributed by atoms with Crippen molar-refractivity contribution in [1.29, 1.82) is 0 Å². The maximum atomic E-state index is 5.25. The van der Waals surface area contributed by atoms with Crippen LogP contribution in [0.3, 0.4) is 0 Å². The second kappa shape index (κ2) is 6.49. The Bertz CT molecular complexity index is 826. The summed E-state index contributed by atoms with van der Waals surface area (Å²) in [4.78, 5) is 1.34. The summed E-state index contributed by atoms with van der Waals surface area (Å²) in [6, 6.07) is 23.1. The molecule has 0 saturated heterocycles. The molecule has 0 bridgehead atoms. The van der Waals surface area contributed by atoms with Crippen molar-refractivity contribution >= 4 is 22.7 Å². The van der Waals surface area contributed by atoms with Crippen LogP contribution in [0.4, 0.5) is 5.69 Å². The highest BCUT2D eigenvalue weighted by molar-refractivity contribution is 7.10. The zero-order valence-electron chi connectivity index (χ0n) is 13.4. The van der Waals surface area contributed by atoms with Crippen molar-refractivity contribution < 1.29 is 4.74 Å². The number of hydrazone groups is 1. The normalized spacial score (nSPS) is 17.0. The molecule has 0 aliphatic carbocycles. The highest BCUT2D eigenvalue weighted by atomic mass is 32.1. The highest BCUT2D eigenvalue weighted by Crippen LogP contribution is 2.38. The molecule has 1 aliphatic heterocycles. The molecule has 0 unspecified atom stereocenters. The fraction of sp³-hybridized carbons (Fsp3) is 0.150. The van der Waals surface area contributed by atoms with Crippen molar-refractivity contribution in [1.82, 2.24) is 0 Å². The minimum Gasteiger partial charge on any atom is -0.497 e. The van der Waals surface area contributed by atoms with Crippen LogP contribution in [0, 0.1) is 0 Å². The second-order valence-corrected chi connectivity index (χ2v) is 6.67. The van der Waals surface area contributed by atoms with E-state index in [0.717, 1.165) is 29.1 Å². The third-order valence-corrected chi connectivity index (χ3v) is 5.20. The molecule has 1 aliphatic rings. The monoisotopic (exact) mass is 334 g/mol. The van der Waals surface area contributed by atoms with Gasteiger partial charge >= 0.3 is 0 Å². The minimum atomic E-state index is 0.254. The van der Waals surface area contributed by atoms with Crippen LogP contribution >= 0.6 is 11.3 Å². The van der Waals surface area contributed by atoms with E-state index < -0.39 is 0 Å². The number of para-hydroxylation sites is 1. The summed E-state index contributed by atoms with van der Waals surface area (Å²) < 4.78 is 5.25. The topological polar surface area (TPSA) is 24.8 Å². The van der Waals surface area contributed by atoms with Gasteiger partial charge in [0.05, 0.1) is 24.6 Å². The summed E-state index contributed by atoms with van der Waals surface area (Å²) in [6.07, 6.45) is 0.905. The molecule has 0 amide bonds. The molecule has 0 saturated carbocycles. The van der Waals surface area contributed by atoms with E-state index >= 15 is 0 Å². The summed E-state index contributed by atoms with van der Waals surface area (Å²) in [5.74, 6) is 0.868. The van der Waals surface area contributed by atoms with Gasteiger partial charge in [-0.2, -0.15) is 5.10 Å². The Hall–Kier alpha value is -2.59. The summed E-state index contributed by atoms with van der Waals surface area (Å²) in [5, 5.41) is 9.21. The predicted octanol–water partition coefficient (Wildman–Crippen LogP) is 5.11. The first-order valence-corrected chi connectivity index (χ1v) is 8.83. The van der Waals surface area contributed by atoms with Crippen LogP contribution < -0.4 is 9.75 Å². The molecule has 1 atom stereocenters. The lowest BCUT2D eigenvalue weighted by Gasteiger charge is -2.22. The van der Waals surface area contributed by atoms with Gasteiger partial charge in [-0.15, -0.1) is 11.3 Å². The van der Waals surface area contributed by atoms with Crippen molar-refractivity contribution in [2.75, 3.05) is 12.1 Å². The first-order chi connectivity index (χ1) is 11.8. The standard InChI is InChI=1S/C20H18N2OS/c1-23-17-11-9-15(10-12-17)18-14-19(20-8-5-13-24-20)22(21-18)16-6-3-2-4-7-16/h2-13,19H,14H2,1H3/t19-/m0/s1. The van der Waals surface area contributed by atoms with Crippen LogP contribution in [0.15, 0.2) is 77.2 Å². The Morgan fingerprint density at radius 2 is 1.79 bits per heavy atom. The van der Waals surface area contributed by atoms with Gasteiger partial charge in [0, 0.05) is 11.3 Å². The number of rotatable bonds is 4. The van der Waals surface area contributed by atoms with Gasteiger partial charge in [0.2, 0.25) is 0 Å². The van der Waals surface area contributed by atoms with E-state index in [0.29, 0.717) is 0 Å². The average Bonchev–Trinajstić information content (AvgIpc) is 3.32. The Labute approximate surface area is 145 Å². The van der Waals surface area contributed by atoms with Gasteiger partial charge in [0.1, 0.15) is 5.75 Å². The van der Waals surface area contributed by atoms with Crippen LogP contribution in [0.1, 0.15) is 22.9 Å². The van der Waals surface area contributed by atoms with Crippen molar-refractivity contribution in [2.24, 2.45) is 5.10 Å². The first kappa shape index (κ1) is 15.0. The highest BCUT2D eigenvalue weighted by Gasteiger charge is 2.30. The summed E-state index contributed by atoms with van der Waals surface area (Å²) in [5.41, 5.74) is 3.38. The van der Waals surface area contributed by atoms with Crippen molar-refractivity contribution in [2.45, 2.75) is 12.5 Å². The van der Waals surface area contributed by atoms with Crippen molar-refractivity contribution in [3.8, 4) is 5.75 Å². The molecule has 3 aromatic rings. The van der Waals surface area contributed by atoms with Gasteiger partial charge in [-0.1, -0.05) is 24.3 Å². The van der Waals surface area contributed by atoms with E-state index in [2.05, 4.69) is 58.9 Å². The Morgan fingerprint density at radius 1 is 1.00 bits per heavy atom. The lowest BCUT2D eigenvalue weighted by atomic mass is 10.0. The van der Waals surface area contributed by atoms with E-state index in [1.807, 2.05) is 18.2 Å². The van der Waals surface area contributed by atoms with E-state index in [-0.39, 0.29) is 6.04 Å².